The lowest BCUT2D eigenvalue weighted by Crippen LogP contribution is -2.21. The quantitative estimate of drug-likeness (QED) is 0.590. The molecule has 1 rings (SSSR count). The summed E-state index contributed by atoms with van der Waals surface area (Å²) in [4.78, 5) is 22.6. The molecule has 0 radical (unpaired) electrons. The van der Waals surface area contributed by atoms with Crippen molar-refractivity contribution in [3.63, 3.8) is 0 Å². The van der Waals surface area contributed by atoms with Crippen molar-refractivity contribution in [2.75, 3.05) is 14.1 Å². The molecule has 17 heavy (non-hydrogen) atoms. The van der Waals surface area contributed by atoms with E-state index in [4.69, 9.17) is 11.6 Å². The zero-order valence-electron chi connectivity index (χ0n) is 9.59. The average molecular weight is 261 g/mol. The molecule has 1 heterocycles. The lowest BCUT2D eigenvalue weighted by atomic mass is 10.3. The summed E-state index contributed by atoms with van der Waals surface area (Å²) in [5, 5.41) is 14.2. The van der Waals surface area contributed by atoms with E-state index in [0.29, 0.717) is 19.4 Å². The number of aromatic nitrogens is 2. The van der Waals surface area contributed by atoms with Gasteiger partial charge in [-0.25, -0.2) is 0 Å². The maximum atomic E-state index is 11.3. The van der Waals surface area contributed by atoms with Gasteiger partial charge in [0.25, 0.3) is 0 Å². The predicted octanol–water partition coefficient (Wildman–Crippen LogP) is 1.31. The average Bonchev–Trinajstić information content (AvgIpc) is 2.59. The molecule has 0 spiro atoms. The van der Waals surface area contributed by atoms with E-state index in [2.05, 4.69) is 5.10 Å². The largest absolute Gasteiger partial charge is 0.408 e. The van der Waals surface area contributed by atoms with Crippen LogP contribution in [-0.4, -0.2) is 39.6 Å². The van der Waals surface area contributed by atoms with Crippen LogP contribution in [0.15, 0.2) is 6.20 Å². The number of nitrogens with zero attached hydrogens (tertiary/aromatic N) is 4. The highest BCUT2D eigenvalue weighted by Gasteiger charge is 2.18. The van der Waals surface area contributed by atoms with Crippen LogP contribution in [0.5, 0.6) is 0 Å². The minimum absolute atomic E-state index is 0.00827. The van der Waals surface area contributed by atoms with Crippen LogP contribution in [-0.2, 0) is 11.3 Å². The Labute approximate surface area is 103 Å². The van der Waals surface area contributed by atoms with Crippen molar-refractivity contribution in [1.82, 2.24) is 14.7 Å². The van der Waals surface area contributed by atoms with Crippen molar-refractivity contribution in [2.24, 2.45) is 0 Å². The predicted molar refractivity (Wildman–Crippen MR) is 61.8 cm³/mol. The van der Waals surface area contributed by atoms with Gasteiger partial charge < -0.3 is 15.0 Å². The summed E-state index contributed by atoms with van der Waals surface area (Å²) >= 11 is 5.63. The summed E-state index contributed by atoms with van der Waals surface area (Å²) in [5.41, 5.74) is 0. The molecule has 0 aromatic carbocycles. The summed E-state index contributed by atoms with van der Waals surface area (Å²) in [6, 6.07) is 0. The van der Waals surface area contributed by atoms with E-state index in [0.717, 1.165) is 0 Å². The molecule has 0 atom stereocenters. The van der Waals surface area contributed by atoms with Gasteiger partial charge in [0, 0.05) is 20.5 Å². The summed E-state index contributed by atoms with van der Waals surface area (Å²) in [6.45, 7) is 0.424. The second-order valence-corrected chi connectivity index (χ2v) is 4.12. The third-order valence-electron chi connectivity index (χ3n) is 2.15. The highest BCUT2D eigenvalue weighted by Crippen LogP contribution is 2.21. The first-order valence-electron chi connectivity index (χ1n) is 4.99. The molecular formula is C9H13ClN4O3. The summed E-state index contributed by atoms with van der Waals surface area (Å²) in [7, 11) is 3.36. The monoisotopic (exact) mass is 260 g/mol. The Kier molecular flexibility index (Phi) is 4.45. The molecule has 0 N–H and O–H groups in total. The Morgan fingerprint density at radius 2 is 2.29 bits per heavy atom. The van der Waals surface area contributed by atoms with E-state index in [1.807, 2.05) is 0 Å². The van der Waals surface area contributed by atoms with E-state index in [-0.39, 0.29) is 16.7 Å². The number of amides is 1. The number of carbonyl (C=O) groups is 1. The number of halogens is 1. The van der Waals surface area contributed by atoms with Gasteiger partial charge in [0.15, 0.2) is 5.02 Å². The summed E-state index contributed by atoms with van der Waals surface area (Å²) in [5.74, 6) is -0.344. The van der Waals surface area contributed by atoms with Gasteiger partial charge in [-0.05, 0) is 11.3 Å². The van der Waals surface area contributed by atoms with Crippen LogP contribution in [0.4, 0.5) is 5.82 Å². The van der Waals surface area contributed by atoms with Crippen molar-refractivity contribution < 1.29 is 9.72 Å². The van der Waals surface area contributed by atoms with Gasteiger partial charge in [-0.2, -0.15) is 4.68 Å². The molecule has 0 aliphatic heterocycles. The van der Waals surface area contributed by atoms with E-state index in [9.17, 15) is 14.9 Å². The third kappa shape index (κ3) is 3.70. The first-order chi connectivity index (χ1) is 7.91. The first-order valence-corrected chi connectivity index (χ1v) is 5.37. The van der Waals surface area contributed by atoms with Crippen LogP contribution < -0.4 is 0 Å². The van der Waals surface area contributed by atoms with Gasteiger partial charge in [0.1, 0.15) is 0 Å². The van der Waals surface area contributed by atoms with Crippen LogP contribution in [0, 0.1) is 10.1 Å². The Bertz CT molecular complexity index is 430. The Morgan fingerprint density at radius 1 is 1.65 bits per heavy atom. The fourth-order valence-electron chi connectivity index (χ4n) is 1.24. The standard InChI is InChI=1S/C9H13ClN4O3/c1-12(2)8(15)4-3-5-13-6-7(10)9(11-13)14(16)17/h6H,3-5H2,1-2H3. The fraction of sp³-hybridized carbons (Fsp3) is 0.556. The number of carbonyl (C=O) groups excluding carboxylic acids is 1. The lowest BCUT2D eigenvalue weighted by Gasteiger charge is -2.08. The second kappa shape index (κ2) is 5.62. The van der Waals surface area contributed by atoms with Gasteiger partial charge in [-0.1, -0.05) is 11.6 Å². The van der Waals surface area contributed by atoms with Crippen LogP contribution in [0.25, 0.3) is 0 Å². The van der Waals surface area contributed by atoms with Crippen LogP contribution in [0.3, 0.4) is 0 Å². The normalized spacial score (nSPS) is 10.3. The van der Waals surface area contributed by atoms with E-state index in [1.165, 1.54) is 15.8 Å². The maximum absolute atomic E-state index is 11.3. The molecule has 1 aromatic heterocycles. The van der Waals surface area contributed by atoms with Crippen molar-refractivity contribution in [2.45, 2.75) is 19.4 Å². The van der Waals surface area contributed by atoms with Crippen LogP contribution in [0.2, 0.25) is 5.02 Å². The number of hydrogen-bond donors (Lipinski definition) is 0. The van der Waals surface area contributed by atoms with E-state index in [1.54, 1.807) is 14.1 Å². The highest BCUT2D eigenvalue weighted by molar-refractivity contribution is 6.32. The molecule has 0 saturated heterocycles. The summed E-state index contributed by atoms with van der Waals surface area (Å²) < 4.78 is 1.38. The molecule has 8 heteroatoms. The van der Waals surface area contributed by atoms with Crippen molar-refractivity contribution in [3.8, 4) is 0 Å². The molecule has 1 aromatic rings. The molecule has 0 bridgehead atoms. The van der Waals surface area contributed by atoms with Gasteiger partial charge in [-0.15, -0.1) is 0 Å². The molecular weight excluding hydrogens is 248 g/mol. The Morgan fingerprint density at radius 3 is 2.76 bits per heavy atom. The number of aryl methyl sites for hydroxylation is 1. The van der Waals surface area contributed by atoms with Crippen molar-refractivity contribution in [1.29, 1.82) is 0 Å². The molecule has 94 valence electrons. The zero-order valence-corrected chi connectivity index (χ0v) is 10.3. The molecule has 0 fully saturated rings. The minimum atomic E-state index is -0.635. The van der Waals surface area contributed by atoms with E-state index >= 15 is 0 Å². The maximum Gasteiger partial charge on any atom is 0.408 e. The van der Waals surface area contributed by atoms with Gasteiger partial charge in [0.2, 0.25) is 5.91 Å². The first kappa shape index (κ1) is 13.4. The van der Waals surface area contributed by atoms with Crippen LogP contribution in [0.1, 0.15) is 12.8 Å². The molecule has 1 amide bonds. The molecule has 0 unspecified atom stereocenters. The zero-order chi connectivity index (χ0) is 13.0. The number of hydrogen-bond acceptors (Lipinski definition) is 4. The van der Waals surface area contributed by atoms with E-state index < -0.39 is 4.92 Å². The fourth-order valence-corrected chi connectivity index (χ4v) is 1.46. The highest BCUT2D eigenvalue weighted by atomic mass is 35.5. The molecule has 7 nitrogen and oxygen atoms in total. The Hall–Kier alpha value is -1.63. The third-order valence-corrected chi connectivity index (χ3v) is 2.42. The second-order valence-electron chi connectivity index (χ2n) is 3.71. The minimum Gasteiger partial charge on any atom is -0.358 e. The SMILES string of the molecule is CN(C)C(=O)CCCn1cc(Cl)c([N+](=O)[O-])n1. The topological polar surface area (TPSA) is 81.3 Å². The van der Waals surface area contributed by atoms with Crippen molar-refractivity contribution in [3.05, 3.63) is 21.3 Å². The van der Waals surface area contributed by atoms with Gasteiger partial charge in [-0.3, -0.25) is 4.79 Å². The van der Waals surface area contributed by atoms with Gasteiger partial charge in [0.05, 0.1) is 17.8 Å². The summed E-state index contributed by atoms with van der Waals surface area (Å²) in [6.07, 6.45) is 2.32. The number of rotatable bonds is 5. The molecule has 0 aliphatic rings. The lowest BCUT2D eigenvalue weighted by molar-refractivity contribution is -0.389. The molecule has 0 aliphatic carbocycles. The van der Waals surface area contributed by atoms with Crippen LogP contribution >= 0.6 is 11.6 Å². The van der Waals surface area contributed by atoms with Crippen molar-refractivity contribution >= 4 is 23.3 Å². The smallest absolute Gasteiger partial charge is 0.358 e. The molecule has 0 saturated carbocycles. The number of nitro groups is 1. The Balaban J connectivity index is 2.50. The van der Waals surface area contributed by atoms with Gasteiger partial charge >= 0.3 is 5.82 Å².